The zero-order chi connectivity index (χ0) is 13.2. The van der Waals surface area contributed by atoms with E-state index in [1.54, 1.807) is 12.3 Å². The lowest BCUT2D eigenvalue weighted by Gasteiger charge is -2.20. The number of nitrogens with one attached hydrogen (secondary N) is 1. The van der Waals surface area contributed by atoms with Crippen molar-refractivity contribution in [3.05, 3.63) is 11.1 Å². The van der Waals surface area contributed by atoms with E-state index in [-0.39, 0.29) is 12.3 Å². The summed E-state index contributed by atoms with van der Waals surface area (Å²) in [4.78, 5) is 26.5. The minimum atomic E-state index is -0.940. The monoisotopic (exact) mass is 270 g/mol. The fourth-order valence-electron chi connectivity index (χ4n) is 1.79. The van der Waals surface area contributed by atoms with Gasteiger partial charge in [0.15, 0.2) is 5.13 Å². The van der Waals surface area contributed by atoms with E-state index in [2.05, 4.69) is 10.3 Å². The van der Waals surface area contributed by atoms with Crippen LogP contribution in [0.2, 0.25) is 0 Å². The van der Waals surface area contributed by atoms with Crippen molar-refractivity contribution in [2.24, 2.45) is 0 Å². The van der Waals surface area contributed by atoms with Gasteiger partial charge < -0.3 is 9.84 Å². The topological polar surface area (TPSA) is 88.5 Å². The summed E-state index contributed by atoms with van der Waals surface area (Å²) in [5.41, 5.74) is -0.348. The number of anilines is 1. The molecule has 7 heteroatoms. The van der Waals surface area contributed by atoms with Crippen molar-refractivity contribution in [2.45, 2.75) is 31.8 Å². The molecule has 1 aliphatic rings. The summed E-state index contributed by atoms with van der Waals surface area (Å²) in [6.07, 6.45) is 1.42. The van der Waals surface area contributed by atoms with Gasteiger partial charge in [-0.3, -0.25) is 14.9 Å². The molecule has 1 fully saturated rings. The average Bonchev–Trinajstić information content (AvgIpc) is 2.88. The van der Waals surface area contributed by atoms with Gasteiger partial charge in [-0.15, -0.1) is 11.3 Å². The third-order valence-corrected chi connectivity index (χ3v) is 3.61. The van der Waals surface area contributed by atoms with Crippen molar-refractivity contribution in [3.63, 3.8) is 0 Å². The molecule has 1 aromatic heterocycles. The molecule has 0 aromatic carbocycles. The van der Waals surface area contributed by atoms with E-state index < -0.39 is 11.6 Å². The molecule has 0 bridgehead atoms. The number of ether oxygens (including phenoxy) is 1. The van der Waals surface area contributed by atoms with Gasteiger partial charge in [0.25, 0.3) is 5.91 Å². The largest absolute Gasteiger partial charge is 0.481 e. The molecule has 18 heavy (non-hydrogen) atoms. The molecule has 0 radical (unpaired) electrons. The van der Waals surface area contributed by atoms with Crippen molar-refractivity contribution >= 4 is 28.3 Å². The minimum Gasteiger partial charge on any atom is -0.481 e. The molecule has 1 amide bonds. The predicted octanol–water partition coefficient (Wildman–Crippen LogP) is 1.28. The van der Waals surface area contributed by atoms with Gasteiger partial charge in [-0.25, -0.2) is 4.98 Å². The van der Waals surface area contributed by atoms with Gasteiger partial charge in [-0.1, -0.05) is 0 Å². The lowest BCUT2D eigenvalue weighted by molar-refractivity contribution is -0.136. The van der Waals surface area contributed by atoms with Gasteiger partial charge in [0.05, 0.1) is 12.1 Å². The van der Waals surface area contributed by atoms with Crippen LogP contribution >= 0.6 is 11.3 Å². The second-order valence-corrected chi connectivity index (χ2v) is 5.21. The molecule has 6 nitrogen and oxygen atoms in total. The number of carboxylic acids is 1. The van der Waals surface area contributed by atoms with Crippen LogP contribution in [-0.4, -0.2) is 34.2 Å². The van der Waals surface area contributed by atoms with Gasteiger partial charge in [-0.05, 0) is 19.8 Å². The Morgan fingerprint density at radius 3 is 3.06 bits per heavy atom. The number of hydrogen-bond donors (Lipinski definition) is 2. The second-order valence-electron chi connectivity index (χ2n) is 4.35. The molecule has 0 saturated carbocycles. The first kappa shape index (κ1) is 13.0. The van der Waals surface area contributed by atoms with Crippen molar-refractivity contribution in [3.8, 4) is 0 Å². The number of carbonyl (C=O) groups excluding carboxylic acids is 1. The van der Waals surface area contributed by atoms with E-state index in [9.17, 15) is 9.59 Å². The fraction of sp³-hybridized carbons (Fsp3) is 0.545. The third-order valence-electron chi connectivity index (χ3n) is 2.80. The highest BCUT2D eigenvalue weighted by molar-refractivity contribution is 7.13. The summed E-state index contributed by atoms with van der Waals surface area (Å²) < 4.78 is 5.42. The highest BCUT2D eigenvalue weighted by Gasteiger charge is 2.38. The number of carbonyl (C=O) groups is 2. The van der Waals surface area contributed by atoms with Crippen LogP contribution in [0.25, 0.3) is 0 Å². The normalized spacial score (nSPS) is 22.9. The number of aliphatic carboxylic acids is 1. The minimum absolute atomic E-state index is 0.139. The maximum atomic E-state index is 12.0. The number of hydrogen-bond acceptors (Lipinski definition) is 5. The highest BCUT2D eigenvalue weighted by atomic mass is 32.1. The van der Waals surface area contributed by atoms with Crippen molar-refractivity contribution < 1.29 is 19.4 Å². The van der Waals surface area contributed by atoms with Crippen LogP contribution in [0, 0.1) is 0 Å². The van der Waals surface area contributed by atoms with Crippen LogP contribution in [-0.2, 0) is 20.7 Å². The molecule has 1 saturated heterocycles. The molecule has 1 aliphatic heterocycles. The van der Waals surface area contributed by atoms with Crippen molar-refractivity contribution in [1.29, 1.82) is 0 Å². The first-order chi connectivity index (χ1) is 8.49. The molecule has 0 aliphatic carbocycles. The van der Waals surface area contributed by atoms with E-state index in [0.717, 1.165) is 6.42 Å². The maximum Gasteiger partial charge on any atom is 0.309 e. The SMILES string of the molecule is CC1(C(=O)Nc2nc(CC(=O)O)cs2)CCCO1. The van der Waals surface area contributed by atoms with Crippen molar-refractivity contribution in [1.82, 2.24) is 4.98 Å². The molecule has 2 rings (SSSR count). The van der Waals surface area contributed by atoms with E-state index in [1.807, 2.05) is 0 Å². The summed E-state index contributed by atoms with van der Waals surface area (Å²) >= 11 is 1.22. The van der Waals surface area contributed by atoms with Gasteiger partial charge in [0.1, 0.15) is 5.60 Å². The highest BCUT2D eigenvalue weighted by Crippen LogP contribution is 2.27. The first-order valence-corrected chi connectivity index (χ1v) is 6.49. The Labute approximate surface area is 108 Å². The number of amides is 1. The predicted molar refractivity (Wildman–Crippen MR) is 65.7 cm³/mol. The molecule has 2 N–H and O–H groups in total. The average molecular weight is 270 g/mol. The second kappa shape index (κ2) is 5.03. The zero-order valence-electron chi connectivity index (χ0n) is 9.93. The Kier molecular flexibility index (Phi) is 3.63. The number of carboxylic acid groups (broad SMARTS) is 1. The van der Waals surface area contributed by atoms with E-state index in [0.29, 0.717) is 23.9 Å². The zero-order valence-corrected chi connectivity index (χ0v) is 10.7. The smallest absolute Gasteiger partial charge is 0.309 e. The summed E-state index contributed by atoms with van der Waals surface area (Å²) in [7, 11) is 0. The van der Waals surface area contributed by atoms with E-state index in [1.165, 1.54) is 11.3 Å². The standard InChI is InChI=1S/C11H14N2O4S/c1-11(3-2-4-17-11)9(16)13-10-12-7(6-18-10)5-8(14)15/h6H,2-5H2,1H3,(H,14,15)(H,12,13,16). The molecule has 2 heterocycles. The Morgan fingerprint density at radius 2 is 2.44 bits per heavy atom. The Hall–Kier alpha value is -1.47. The lowest BCUT2D eigenvalue weighted by Crippen LogP contribution is -2.39. The van der Waals surface area contributed by atoms with Crippen LogP contribution in [0.15, 0.2) is 5.38 Å². The molecule has 1 atom stereocenters. The van der Waals surface area contributed by atoms with Crippen LogP contribution in [0.4, 0.5) is 5.13 Å². The Morgan fingerprint density at radius 1 is 1.67 bits per heavy atom. The maximum absolute atomic E-state index is 12.0. The van der Waals surface area contributed by atoms with Crippen molar-refractivity contribution in [2.75, 3.05) is 11.9 Å². The lowest BCUT2D eigenvalue weighted by atomic mass is 10.0. The Bertz CT molecular complexity index is 465. The van der Waals surface area contributed by atoms with E-state index in [4.69, 9.17) is 9.84 Å². The number of nitrogens with zero attached hydrogens (tertiary/aromatic N) is 1. The number of rotatable bonds is 4. The number of aromatic nitrogens is 1. The summed E-state index contributed by atoms with van der Waals surface area (Å²) in [6.45, 7) is 2.34. The first-order valence-electron chi connectivity index (χ1n) is 5.61. The molecule has 1 aromatic rings. The third kappa shape index (κ3) is 2.85. The molecular formula is C11H14N2O4S. The molecule has 0 spiro atoms. The van der Waals surface area contributed by atoms with Gasteiger partial charge in [0, 0.05) is 12.0 Å². The number of thiazole rings is 1. The molecular weight excluding hydrogens is 256 g/mol. The van der Waals surface area contributed by atoms with Gasteiger partial charge in [-0.2, -0.15) is 0 Å². The summed E-state index contributed by atoms with van der Waals surface area (Å²) in [6, 6.07) is 0. The molecule has 1 unspecified atom stereocenters. The van der Waals surface area contributed by atoms with Crippen LogP contribution in [0.5, 0.6) is 0 Å². The van der Waals surface area contributed by atoms with Crippen LogP contribution < -0.4 is 5.32 Å². The molecule has 98 valence electrons. The fourth-order valence-corrected chi connectivity index (χ4v) is 2.49. The summed E-state index contributed by atoms with van der Waals surface area (Å²) in [5, 5.41) is 13.3. The van der Waals surface area contributed by atoms with Gasteiger partial charge in [0.2, 0.25) is 0 Å². The Balaban J connectivity index is 1.99. The summed E-state index contributed by atoms with van der Waals surface area (Å²) in [5.74, 6) is -1.17. The van der Waals surface area contributed by atoms with E-state index >= 15 is 0 Å². The quantitative estimate of drug-likeness (QED) is 0.860. The van der Waals surface area contributed by atoms with Crippen LogP contribution in [0.3, 0.4) is 0 Å². The van der Waals surface area contributed by atoms with Gasteiger partial charge >= 0.3 is 5.97 Å². The van der Waals surface area contributed by atoms with Crippen LogP contribution in [0.1, 0.15) is 25.5 Å².